The summed E-state index contributed by atoms with van der Waals surface area (Å²) in [6.07, 6.45) is 0. The van der Waals surface area contributed by atoms with Crippen LogP contribution in [0.25, 0.3) is 0 Å². The van der Waals surface area contributed by atoms with Gasteiger partial charge in [-0.3, -0.25) is 4.72 Å². The minimum Gasteiger partial charge on any atom is -0.486 e. The summed E-state index contributed by atoms with van der Waals surface area (Å²) in [7, 11) is -3.74. The lowest BCUT2D eigenvalue weighted by molar-refractivity contribution is 0.171. The lowest BCUT2D eigenvalue weighted by Gasteiger charge is -2.20. The second-order valence-electron chi connectivity index (χ2n) is 5.41. The molecule has 2 aromatic carbocycles. The molecule has 2 aromatic rings. The van der Waals surface area contributed by atoms with Gasteiger partial charge in [0.1, 0.15) is 18.1 Å². The van der Waals surface area contributed by atoms with Crippen LogP contribution >= 0.6 is 15.9 Å². The van der Waals surface area contributed by atoms with Crippen molar-refractivity contribution in [1.29, 1.82) is 0 Å². The molecular weight excluding hydrogens is 382 g/mol. The monoisotopic (exact) mass is 397 g/mol. The summed E-state index contributed by atoms with van der Waals surface area (Å²) in [6, 6.07) is 8.65. The molecule has 7 heteroatoms. The van der Waals surface area contributed by atoms with Crippen LogP contribution in [0.4, 0.5) is 5.69 Å². The van der Waals surface area contributed by atoms with E-state index in [-0.39, 0.29) is 4.90 Å². The number of aryl methyl sites for hydroxylation is 2. The fourth-order valence-electron chi connectivity index (χ4n) is 2.50. The fraction of sp³-hybridized carbons (Fsp3) is 0.250. The minimum absolute atomic E-state index is 0.112. The smallest absolute Gasteiger partial charge is 0.263 e. The van der Waals surface area contributed by atoms with E-state index in [0.29, 0.717) is 34.9 Å². The maximum absolute atomic E-state index is 12.7. The molecule has 5 nitrogen and oxygen atoms in total. The van der Waals surface area contributed by atoms with Crippen LogP contribution in [0.2, 0.25) is 0 Å². The van der Waals surface area contributed by atoms with Crippen molar-refractivity contribution in [2.24, 2.45) is 0 Å². The molecule has 0 atom stereocenters. The molecule has 0 aliphatic carbocycles. The Labute approximate surface area is 143 Å². The first-order valence-electron chi connectivity index (χ1n) is 7.05. The first-order chi connectivity index (χ1) is 10.8. The molecule has 0 fully saturated rings. The average Bonchev–Trinajstić information content (AvgIpc) is 2.44. The molecule has 23 heavy (non-hydrogen) atoms. The van der Waals surface area contributed by atoms with Crippen LogP contribution in [0.3, 0.4) is 0 Å². The third-order valence-electron chi connectivity index (χ3n) is 3.36. The zero-order valence-corrected chi connectivity index (χ0v) is 15.1. The lowest BCUT2D eigenvalue weighted by atomic mass is 10.1. The highest BCUT2D eigenvalue weighted by molar-refractivity contribution is 9.10. The minimum atomic E-state index is -3.74. The first kappa shape index (κ1) is 16.1. The molecule has 1 N–H and O–H groups in total. The van der Waals surface area contributed by atoms with Crippen molar-refractivity contribution in [1.82, 2.24) is 0 Å². The van der Waals surface area contributed by atoms with Gasteiger partial charge in [0.2, 0.25) is 0 Å². The Morgan fingerprint density at radius 1 is 0.957 bits per heavy atom. The van der Waals surface area contributed by atoms with Crippen LogP contribution in [0, 0.1) is 13.8 Å². The van der Waals surface area contributed by atoms with Gasteiger partial charge in [0.15, 0.2) is 11.5 Å². The van der Waals surface area contributed by atoms with Gasteiger partial charge in [-0.25, -0.2) is 8.42 Å². The molecule has 0 radical (unpaired) electrons. The Kier molecular flexibility index (Phi) is 4.25. The van der Waals surface area contributed by atoms with Crippen LogP contribution in [-0.4, -0.2) is 21.6 Å². The zero-order chi connectivity index (χ0) is 16.6. The van der Waals surface area contributed by atoms with E-state index in [1.54, 1.807) is 18.2 Å². The largest absolute Gasteiger partial charge is 0.486 e. The van der Waals surface area contributed by atoms with Crippen molar-refractivity contribution in [2.75, 3.05) is 17.9 Å². The normalized spacial score (nSPS) is 13.7. The van der Waals surface area contributed by atoms with Crippen molar-refractivity contribution < 1.29 is 17.9 Å². The second kappa shape index (κ2) is 6.05. The van der Waals surface area contributed by atoms with Crippen LogP contribution in [0.15, 0.2) is 39.7 Å². The summed E-state index contributed by atoms with van der Waals surface area (Å²) >= 11 is 3.30. The van der Waals surface area contributed by atoms with Gasteiger partial charge in [0.25, 0.3) is 10.0 Å². The Morgan fingerprint density at radius 3 is 2.13 bits per heavy atom. The molecule has 0 aromatic heterocycles. The van der Waals surface area contributed by atoms with Gasteiger partial charge in [0, 0.05) is 16.2 Å². The number of fused-ring (bicyclic) bond motifs is 1. The predicted octanol–water partition coefficient (Wildman–Crippen LogP) is 3.64. The summed E-state index contributed by atoms with van der Waals surface area (Å²) in [5.41, 5.74) is 2.51. The van der Waals surface area contributed by atoms with Crippen LogP contribution in [0.5, 0.6) is 11.5 Å². The summed E-state index contributed by atoms with van der Waals surface area (Å²) in [5, 5.41) is 0. The van der Waals surface area contributed by atoms with Gasteiger partial charge >= 0.3 is 0 Å². The standard InChI is InChI=1S/C16H16BrNO4S/c1-10-5-11(2)7-12(6-10)18-23(19,20)16-9-15-14(8-13(16)17)21-3-4-22-15/h5-9,18H,3-4H2,1-2H3. The summed E-state index contributed by atoms with van der Waals surface area (Å²) < 4.78 is 39.3. The first-order valence-corrected chi connectivity index (χ1v) is 9.33. The average molecular weight is 398 g/mol. The molecule has 0 amide bonds. The van der Waals surface area contributed by atoms with Crippen molar-refractivity contribution in [3.8, 4) is 11.5 Å². The quantitative estimate of drug-likeness (QED) is 0.858. The van der Waals surface area contributed by atoms with E-state index < -0.39 is 10.0 Å². The number of sulfonamides is 1. The molecule has 0 unspecified atom stereocenters. The summed E-state index contributed by atoms with van der Waals surface area (Å²) in [4.78, 5) is 0.112. The molecule has 122 valence electrons. The molecule has 0 bridgehead atoms. The Hall–Kier alpha value is -1.73. The second-order valence-corrected chi connectivity index (χ2v) is 7.91. The van der Waals surface area contributed by atoms with E-state index in [0.717, 1.165) is 11.1 Å². The van der Waals surface area contributed by atoms with Gasteiger partial charge in [-0.1, -0.05) is 6.07 Å². The van der Waals surface area contributed by atoms with Crippen LogP contribution in [-0.2, 0) is 10.0 Å². The van der Waals surface area contributed by atoms with E-state index in [1.807, 2.05) is 19.9 Å². The highest BCUT2D eigenvalue weighted by Crippen LogP contribution is 2.38. The number of anilines is 1. The molecule has 0 saturated heterocycles. The van der Waals surface area contributed by atoms with E-state index >= 15 is 0 Å². The van der Waals surface area contributed by atoms with Crippen molar-refractivity contribution in [3.63, 3.8) is 0 Å². The predicted molar refractivity (Wildman–Crippen MR) is 91.9 cm³/mol. The highest BCUT2D eigenvalue weighted by atomic mass is 79.9. The molecular formula is C16H16BrNO4S. The number of rotatable bonds is 3. The van der Waals surface area contributed by atoms with Gasteiger partial charge in [0.05, 0.1) is 0 Å². The van der Waals surface area contributed by atoms with E-state index in [2.05, 4.69) is 20.7 Å². The Bertz CT molecular complexity index is 844. The van der Waals surface area contributed by atoms with Crippen LogP contribution < -0.4 is 14.2 Å². The van der Waals surface area contributed by atoms with Gasteiger partial charge in [-0.15, -0.1) is 0 Å². The topological polar surface area (TPSA) is 64.6 Å². The Balaban J connectivity index is 1.99. The number of nitrogens with one attached hydrogen (secondary N) is 1. The van der Waals surface area contributed by atoms with Gasteiger partial charge in [-0.05, 0) is 59.1 Å². The number of hydrogen-bond donors (Lipinski definition) is 1. The fourth-order valence-corrected chi connectivity index (χ4v) is 4.57. The summed E-state index contributed by atoms with van der Waals surface area (Å²) in [6.45, 7) is 4.69. The molecule has 0 spiro atoms. The van der Waals surface area contributed by atoms with Gasteiger partial charge < -0.3 is 9.47 Å². The van der Waals surface area contributed by atoms with Crippen molar-refractivity contribution in [3.05, 3.63) is 45.9 Å². The number of ether oxygens (including phenoxy) is 2. The Morgan fingerprint density at radius 2 is 1.52 bits per heavy atom. The maximum atomic E-state index is 12.7. The molecule has 1 aliphatic heterocycles. The maximum Gasteiger partial charge on any atom is 0.263 e. The van der Waals surface area contributed by atoms with Crippen LogP contribution in [0.1, 0.15) is 11.1 Å². The number of hydrogen-bond acceptors (Lipinski definition) is 4. The van der Waals surface area contributed by atoms with Crippen molar-refractivity contribution >= 4 is 31.6 Å². The molecule has 1 aliphatic rings. The third kappa shape index (κ3) is 3.45. The van der Waals surface area contributed by atoms with E-state index in [9.17, 15) is 8.42 Å². The molecule has 1 heterocycles. The van der Waals surface area contributed by atoms with E-state index in [1.165, 1.54) is 6.07 Å². The SMILES string of the molecule is Cc1cc(C)cc(NS(=O)(=O)c2cc3c(cc2Br)OCCO3)c1. The number of benzene rings is 2. The number of halogens is 1. The van der Waals surface area contributed by atoms with Crippen molar-refractivity contribution in [2.45, 2.75) is 18.7 Å². The zero-order valence-electron chi connectivity index (χ0n) is 12.7. The third-order valence-corrected chi connectivity index (χ3v) is 5.70. The van der Waals surface area contributed by atoms with E-state index in [4.69, 9.17) is 9.47 Å². The molecule has 0 saturated carbocycles. The molecule has 3 rings (SSSR count). The lowest BCUT2D eigenvalue weighted by Crippen LogP contribution is -2.18. The highest BCUT2D eigenvalue weighted by Gasteiger charge is 2.23. The van der Waals surface area contributed by atoms with Gasteiger partial charge in [-0.2, -0.15) is 0 Å². The summed E-state index contributed by atoms with van der Waals surface area (Å²) in [5.74, 6) is 0.966.